The summed E-state index contributed by atoms with van der Waals surface area (Å²) >= 11 is 1.79. The van der Waals surface area contributed by atoms with Crippen molar-refractivity contribution in [1.82, 2.24) is 4.98 Å². The average molecular weight is 273 g/mol. The van der Waals surface area contributed by atoms with E-state index in [1.807, 2.05) is 12.1 Å². The van der Waals surface area contributed by atoms with Crippen LogP contribution in [-0.2, 0) is 6.42 Å². The molecule has 19 heavy (non-hydrogen) atoms. The van der Waals surface area contributed by atoms with Gasteiger partial charge in [0.25, 0.3) is 0 Å². The minimum absolute atomic E-state index is 0.119. The van der Waals surface area contributed by atoms with Crippen LogP contribution in [0, 0.1) is 6.92 Å². The molecular weight excluding hydrogens is 254 g/mol. The van der Waals surface area contributed by atoms with Gasteiger partial charge in [0, 0.05) is 22.9 Å². The summed E-state index contributed by atoms with van der Waals surface area (Å²) in [5.74, 6) is 1.45. The highest BCUT2D eigenvalue weighted by Crippen LogP contribution is 2.19. The molecule has 2 aromatic rings. The first-order valence-corrected chi connectivity index (χ1v) is 7.27. The van der Waals surface area contributed by atoms with Gasteiger partial charge in [0.05, 0.1) is 0 Å². The van der Waals surface area contributed by atoms with Crippen molar-refractivity contribution in [3.8, 4) is 0 Å². The van der Waals surface area contributed by atoms with E-state index >= 15 is 0 Å². The Bertz CT molecular complexity index is 525. The van der Waals surface area contributed by atoms with Crippen LogP contribution < -0.4 is 11.5 Å². The summed E-state index contributed by atoms with van der Waals surface area (Å²) in [5, 5.41) is 0. The molecule has 0 bridgehead atoms. The summed E-state index contributed by atoms with van der Waals surface area (Å²) < 4.78 is 0. The van der Waals surface area contributed by atoms with Crippen molar-refractivity contribution in [2.45, 2.75) is 24.3 Å². The molecule has 1 atom stereocenters. The molecule has 0 saturated heterocycles. The number of benzene rings is 1. The summed E-state index contributed by atoms with van der Waals surface area (Å²) in [7, 11) is 0. The maximum absolute atomic E-state index is 6.15. The van der Waals surface area contributed by atoms with Crippen molar-refractivity contribution < 1.29 is 0 Å². The second-order valence-corrected chi connectivity index (χ2v) is 5.77. The number of rotatable bonds is 5. The van der Waals surface area contributed by atoms with E-state index in [4.69, 9.17) is 11.5 Å². The molecule has 1 unspecified atom stereocenters. The molecule has 1 aromatic heterocycles. The minimum Gasteiger partial charge on any atom is -0.384 e. The summed E-state index contributed by atoms with van der Waals surface area (Å²) in [6, 6.07) is 12.5. The predicted octanol–water partition coefficient (Wildman–Crippen LogP) is 2.63. The normalized spacial score (nSPS) is 12.3. The lowest BCUT2D eigenvalue weighted by molar-refractivity contribution is 0.748. The van der Waals surface area contributed by atoms with Crippen molar-refractivity contribution in [2.75, 3.05) is 11.5 Å². The van der Waals surface area contributed by atoms with Crippen LogP contribution in [0.1, 0.15) is 11.1 Å². The zero-order chi connectivity index (χ0) is 13.7. The van der Waals surface area contributed by atoms with Gasteiger partial charge in [-0.25, -0.2) is 4.98 Å². The highest BCUT2D eigenvalue weighted by atomic mass is 32.2. The van der Waals surface area contributed by atoms with Crippen molar-refractivity contribution in [3.05, 3.63) is 53.7 Å². The highest BCUT2D eigenvalue weighted by Gasteiger charge is 2.06. The number of aromatic nitrogens is 1. The van der Waals surface area contributed by atoms with Crippen LogP contribution in [0.25, 0.3) is 0 Å². The van der Waals surface area contributed by atoms with Crippen LogP contribution in [0.5, 0.6) is 0 Å². The van der Waals surface area contributed by atoms with Gasteiger partial charge in [-0.15, -0.1) is 11.8 Å². The summed E-state index contributed by atoms with van der Waals surface area (Å²) in [5.41, 5.74) is 14.2. The third kappa shape index (κ3) is 4.58. The van der Waals surface area contributed by atoms with E-state index in [0.717, 1.165) is 17.7 Å². The van der Waals surface area contributed by atoms with Crippen LogP contribution >= 0.6 is 11.8 Å². The van der Waals surface area contributed by atoms with Crippen LogP contribution in [-0.4, -0.2) is 16.8 Å². The molecule has 1 heterocycles. The fraction of sp³-hybridized carbons (Fsp3) is 0.267. The molecule has 1 aromatic carbocycles. The van der Waals surface area contributed by atoms with Crippen LogP contribution in [0.2, 0.25) is 0 Å². The number of thioether (sulfide) groups is 1. The largest absolute Gasteiger partial charge is 0.384 e. The van der Waals surface area contributed by atoms with E-state index < -0.39 is 0 Å². The number of aryl methyl sites for hydroxylation is 1. The highest BCUT2D eigenvalue weighted by molar-refractivity contribution is 7.99. The van der Waals surface area contributed by atoms with Crippen LogP contribution in [0.3, 0.4) is 0 Å². The van der Waals surface area contributed by atoms with E-state index in [-0.39, 0.29) is 6.04 Å². The van der Waals surface area contributed by atoms with Crippen molar-refractivity contribution in [3.63, 3.8) is 0 Å². The van der Waals surface area contributed by atoms with Gasteiger partial charge < -0.3 is 11.5 Å². The van der Waals surface area contributed by atoms with E-state index in [1.54, 1.807) is 18.0 Å². The summed E-state index contributed by atoms with van der Waals surface area (Å²) in [6.07, 6.45) is 2.55. The molecule has 100 valence electrons. The predicted molar refractivity (Wildman–Crippen MR) is 82.2 cm³/mol. The third-order valence-corrected chi connectivity index (χ3v) is 4.03. The van der Waals surface area contributed by atoms with Crippen molar-refractivity contribution >= 4 is 17.6 Å². The van der Waals surface area contributed by atoms with Crippen LogP contribution in [0.4, 0.5) is 5.82 Å². The number of nitrogen functional groups attached to an aromatic ring is 1. The first-order chi connectivity index (χ1) is 9.13. The van der Waals surface area contributed by atoms with Gasteiger partial charge in [0.15, 0.2) is 0 Å². The lowest BCUT2D eigenvalue weighted by Crippen LogP contribution is -2.25. The standard InChI is InChI=1S/C15H19N3S/c1-11-2-4-14(5-3-11)19-10-13(16)8-12-6-7-18-15(17)9-12/h2-7,9,13H,8,10,16H2,1H3,(H2,17,18). The lowest BCUT2D eigenvalue weighted by Gasteiger charge is -2.11. The van der Waals surface area contributed by atoms with Gasteiger partial charge in [-0.1, -0.05) is 17.7 Å². The molecule has 0 amide bonds. The van der Waals surface area contributed by atoms with Crippen molar-refractivity contribution in [2.24, 2.45) is 5.73 Å². The molecule has 0 fully saturated rings. The second-order valence-electron chi connectivity index (χ2n) is 4.68. The van der Waals surface area contributed by atoms with E-state index in [2.05, 4.69) is 36.2 Å². The van der Waals surface area contributed by atoms with Gasteiger partial charge in [0.2, 0.25) is 0 Å². The van der Waals surface area contributed by atoms with Crippen molar-refractivity contribution in [1.29, 1.82) is 0 Å². The van der Waals surface area contributed by atoms with Gasteiger partial charge in [-0.05, 0) is 43.2 Å². The van der Waals surface area contributed by atoms with Crippen LogP contribution in [0.15, 0.2) is 47.5 Å². The monoisotopic (exact) mass is 273 g/mol. The number of anilines is 1. The Morgan fingerprint density at radius 1 is 1.21 bits per heavy atom. The first kappa shape index (κ1) is 13.9. The molecule has 3 nitrogen and oxygen atoms in total. The molecule has 0 aliphatic heterocycles. The minimum atomic E-state index is 0.119. The number of nitrogens with two attached hydrogens (primary N) is 2. The Balaban J connectivity index is 1.84. The molecule has 0 saturated carbocycles. The molecule has 2 rings (SSSR count). The molecule has 0 radical (unpaired) electrons. The van der Waals surface area contributed by atoms with E-state index in [9.17, 15) is 0 Å². The van der Waals surface area contributed by atoms with Gasteiger partial charge in [0.1, 0.15) is 5.82 Å². The number of hydrogen-bond donors (Lipinski definition) is 2. The Hall–Kier alpha value is -1.52. The number of hydrogen-bond acceptors (Lipinski definition) is 4. The van der Waals surface area contributed by atoms with E-state index in [1.165, 1.54) is 10.5 Å². The fourth-order valence-electron chi connectivity index (χ4n) is 1.82. The quantitative estimate of drug-likeness (QED) is 0.822. The summed E-state index contributed by atoms with van der Waals surface area (Å²) in [6.45, 7) is 2.09. The zero-order valence-electron chi connectivity index (χ0n) is 11.0. The zero-order valence-corrected chi connectivity index (χ0v) is 11.9. The topological polar surface area (TPSA) is 64.9 Å². The first-order valence-electron chi connectivity index (χ1n) is 6.29. The Kier molecular flexibility index (Phi) is 4.82. The Morgan fingerprint density at radius 2 is 1.95 bits per heavy atom. The maximum atomic E-state index is 6.15. The third-order valence-electron chi connectivity index (χ3n) is 2.83. The molecular formula is C15H19N3S. The molecule has 0 aliphatic carbocycles. The SMILES string of the molecule is Cc1ccc(SCC(N)Cc2ccnc(N)c2)cc1. The van der Waals surface area contributed by atoms with Gasteiger partial charge in [-0.2, -0.15) is 0 Å². The van der Waals surface area contributed by atoms with Gasteiger partial charge >= 0.3 is 0 Å². The molecule has 4 heteroatoms. The Morgan fingerprint density at radius 3 is 2.63 bits per heavy atom. The Labute approximate surface area is 118 Å². The summed E-state index contributed by atoms with van der Waals surface area (Å²) in [4.78, 5) is 5.24. The van der Waals surface area contributed by atoms with Gasteiger partial charge in [-0.3, -0.25) is 0 Å². The smallest absolute Gasteiger partial charge is 0.123 e. The number of nitrogens with zero attached hydrogens (tertiary/aromatic N) is 1. The molecule has 0 spiro atoms. The maximum Gasteiger partial charge on any atom is 0.123 e. The second kappa shape index (κ2) is 6.59. The van der Waals surface area contributed by atoms with E-state index in [0.29, 0.717) is 5.82 Å². The lowest BCUT2D eigenvalue weighted by atomic mass is 10.1. The molecule has 4 N–H and O–H groups in total. The molecule has 0 aliphatic rings. The average Bonchev–Trinajstić information content (AvgIpc) is 2.38. The number of pyridine rings is 1. The fourth-order valence-corrected chi connectivity index (χ4v) is 2.67.